The Labute approximate surface area is 179 Å². The molecule has 0 radical (unpaired) electrons. The number of amides is 1. The van der Waals surface area contributed by atoms with Crippen LogP contribution in [0.15, 0.2) is 46.0 Å². The molecule has 0 unspecified atom stereocenters. The molecule has 30 heavy (non-hydrogen) atoms. The normalized spacial score (nSPS) is 17.9. The highest BCUT2D eigenvalue weighted by molar-refractivity contribution is 7.89. The first-order chi connectivity index (χ1) is 14.4. The van der Waals surface area contributed by atoms with Gasteiger partial charge >= 0.3 is 0 Å². The van der Waals surface area contributed by atoms with E-state index in [0.717, 1.165) is 30.5 Å². The second-order valence-electron chi connectivity index (χ2n) is 7.86. The summed E-state index contributed by atoms with van der Waals surface area (Å²) in [6.07, 6.45) is 8.96. The van der Waals surface area contributed by atoms with E-state index in [-0.39, 0.29) is 12.5 Å². The molecule has 2 aliphatic rings. The zero-order chi connectivity index (χ0) is 21.4. The minimum atomic E-state index is -3.49. The summed E-state index contributed by atoms with van der Waals surface area (Å²) < 4.78 is 26.9. The third kappa shape index (κ3) is 6.40. The number of hydrogen-bond acceptors (Lipinski definition) is 5. The molecule has 0 atom stereocenters. The molecule has 1 aromatic carbocycles. The SMILES string of the molecule is Cc1ccc(S(=O)(=O)N2CCC(=NOCC(=O)NCCC3=CCCCC3)CC2)cc1. The van der Waals surface area contributed by atoms with E-state index in [0.29, 0.717) is 37.4 Å². The molecule has 3 rings (SSSR count). The molecule has 7 nitrogen and oxygen atoms in total. The van der Waals surface area contributed by atoms with Gasteiger partial charge in [-0.2, -0.15) is 4.31 Å². The lowest BCUT2D eigenvalue weighted by Crippen LogP contribution is -2.38. The van der Waals surface area contributed by atoms with E-state index in [2.05, 4.69) is 16.5 Å². The quantitative estimate of drug-likeness (QED) is 0.504. The van der Waals surface area contributed by atoms with Crippen molar-refractivity contribution in [1.29, 1.82) is 0 Å². The van der Waals surface area contributed by atoms with Crippen LogP contribution in [0.5, 0.6) is 0 Å². The van der Waals surface area contributed by atoms with Crippen molar-refractivity contribution in [3.05, 3.63) is 41.5 Å². The van der Waals surface area contributed by atoms with Crippen molar-refractivity contribution in [2.75, 3.05) is 26.2 Å². The number of aryl methyl sites for hydroxylation is 1. The number of carbonyl (C=O) groups is 1. The molecule has 1 amide bonds. The highest BCUT2D eigenvalue weighted by Gasteiger charge is 2.28. The van der Waals surface area contributed by atoms with Gasteiger partial charge in [-0.15, -0.1) is 0 Å². The predicted molar refractivity (Wildman–Crippen MR) is 117 cm³/mol. The van der Waals surface area contributed by atoms with Crippen LogP contribution in [0.2, 0.25) is 0 Å². The van der Waals surface area contributed by atoms with Crippen LogP contribution in [0, 0.1) is 6.92 Å². The molecular formula is C22H31N3O4S. The number of nitrogens with zero attached hydrogens (tertiary/aromatic N) is 2. The molecule has 0 saturated carbocycles. The van der Waals surface area contributed by atoms with Crippen LogP contribution in [0.25, 0.3) is 0 Å². The summed E-state index contributed by atoms with van der Waals surface area (Å²) >= 11 is 0. The van der Waals surface area contributed by atoms with Gasteiger partial charge < -0.3 is 10.2 Å². The van der Waals surface area contributed by atoms with Crippen LogP contribution >= 0.6 is 0 Å². The fraction of sp³-hybridized carbons (Fsp3) is 0.545. The van der Waals surface area contributed by atoms with Gasteiger partial charge in [-0.25, -0.2) is 8.42 Å². The van der Waals surface area contributed by atoms with E-state index < -0.39 is 10.0 Å². The number of rotatable bonds is 8. The Morgan fingerprint density at radius 3 is 2.53 bits per heavy atom. The Bertz CT molecular complexity index is 881. The maximum absolute atomic E-state index is 12.7. The number of benzene rings is 1. The van der Waals surface area contributed by atoms with Gasteiger partial charge in [0.2, 0.25) is 10.0 Å². The first-order valence-electron chi connectivity index (χ1n) is 10.6. The molecule has 1 aromatic rings. The Kier molecular flexibility index (Phi) is 8.04. The standard InChI is InChI=1S/C22H31N3O4S/c1-18-7-9-21(10-8-18)30(27,28)25-15-12-20(13-16-25)24-29-17-22(26)23-14-11-19-5-3-2-4-6-19/h5,7-10H,2-4,6,11-17H2,1H3,(H,23,26). The van der Waals surface area contributed by atoms with Gasteiger partial charge in [-0.1, -0.05) is 34.5 Å². The van der Waals surface area contributed by atoms with Gasteiger partial charge in [0.25, 0.3) is 5.91 Å². The van der Waals surface area contributed by atoms with Crippen LogP contribution in [0.3, 0.4) is 0 Å². The monoisotopic (exact) mass is 433 g/mol. The third-order valence-electron chi connectivity index (χ3n) is 5.50. The minimum Gasteiger partial charge on any atom is -0.386 e. The van der Waals surface area contributed by atoms with Crippen molar-refractivity contribution in [3.63, 3.8) is 0 Å². The first-order valence-corrected chi connectivity index (χ1v) is 12.1. The van der Waals surface area contributed by atoms with Crippen molar-refractivity contribution in [2.24, 2.45) is 5.16 Å². The molecule has 1 aliphatic heterocycles. The third-order valence-corrected chi connectivity index (χ3v) is 7.41. The summed E-state index contributed by atoms with van der Waals surface area (Å²) in [5.41, 5.74) is 3.23. The molecule has 1 N–H and O–H groups in total. The van der Waals surface area contributed by atoms with Crippen molar-refractivity contribution in [1.82, 2.24) is 9.62 Å². The minimum absolute atomic E-state index is 0.117. The maximum atomic E-state index is 12.7. The van der Waals surface area contributed by atoms with E-state index >= 15 is 0 Å². The van der Waals surface area contributed by atoms with Crippen LogP contribution in [-0.4, -0.2) is 50.6 Å². The fourth-order valence-corrected chi connectivity index (χ4v) is 5.10. The van der Waals surface area contributed by atoms with Crippen molar-refractivity contribution in [3.8, 4) is 0 Å². The molecule has 1 heterocycles. The predicted octanol–water partition coefficient (Wildman–Crippen LogP) is 3.16. The van der Waals surface area contributed by atoms with Gasteiger partial charge in [-0.3, -0.25) is 4.79 Å². The van der Waals surface area contributed by atoms with E-state index in [9.17, 15) is 13.2 Å². The summed E-state index contributed by atoms with van der Waals surface area (Å²) in [5.74, 6) is -0.185. The Morgan fingerprint density at radius 2 is 1.87 bits per heavy atom. The Morgan fingerprint density at radius 1 is 1.13 bits per heavy atom. The lowest BCUT2D eigenvalue weighted by atomic mass is 9.97. The molecule has 8 heteroatoms. The Balaban J connectivity index is 1.37. The fourth-order valence-electron chi connectivity index (χ4n) is 3.66. The molecule has 1 fully saturated rings. The zero-order valence-electron chi connectivity index (χ0n) is 17.6. The van der Waals surface area contributed by atoms with Crippen molar-refractivity contribution < 1.29 is 18.0 Å². The zero-order valence-corrected chi connectivity index (χ0v) is 18.4. The second kappa shape index (κ2) is 10.7. The highest BCUT2D eigenvalue weighted by atomic mass is 32.2. The number of hydrogen-bond donors (Lipinski definition) is 1. The van der Waals surface area contributed by atoms with Crippen LogP contribution in [-0.2, 0) is 19.7 Å². The van der Waals surface area contributed by atoms with E-state index in [1.54, 1.807) is 24.3 Å². The van der Waals surface area contributed by atoms with E-state index in [4.69, 9.17) is 4.84 Å². The summed E-state index contributed by atoms with van der Waals surface area (Å²) in [4.78, 5) is 17.4. The number of oxime groups is 1. The van der Waals surface area contributed by atoms with Crippen molar-refractivity contribution in [2.45, 2.75) is 56.8 Å². The molecule has 0 bridgehead atoms. The topological polar surface area (TPSA) is 88.1 Å². The highest BCUT2D eigenvalue weighted by Crippen LogP contribution is 2.21. The van der Waals surface area contributed by atoms with Crippen LogP contribution in [0.1, 0.15) is 50.5 Å². The van der Waals surface area contributed by atoms with Gasteiger partial charge in [0.05, 0.1) is 10.6 Å². The number of nitrogens with one attached hydrogen (secondary N) is 1. The Hall–Kier alpha value is -2.19. The van der Waals surface area contributed by atoms with Gasteiger partial charge in [0, 0.05) is 32.5 Å². The molecule has 164 valence electrons. The van der Waals surface area contributed by atoms with E-state index in [1.165, 1.54) is 22.7 Å². The molecular weight excluding hydrogens is 402 g/mol. The second-order valence-corrected chi connectivity index (χ2v) is 9.79. The van der Waals surface area contributed by atoms with Gasteiger partial charge in [-0.05, 0) is 51.2 Å². The van der Waals surface area contributed by atoms with Crippen LogP contribution in [0.4, 0.5) is 0 Å². The first kappa shape index (κ1) is 22.5. The number of piperidine rings is 1. The smallest absolute Gasteiger partial charge is 0.260 e. The van der Waals surface area contributed by atoms with Crippen molar-refractivity contribution >= 4 is 21.6 Å². The number of allylic oxidation sites excluding steroid dienone is 1. The van der Waals surface area contributed by atoms with Gasteiger partial charge in [0.1, 0.15) is 0 Å². The number of sulfonamides is 1. The maximum Gasteiger partial charge on any atom is 0.260 e. The lowest BCUT2D eigenvalue weighted by molar-refractivity contribution is -0.125. The largest absolute Gasteiger partial charge is 0.386 e. The summed E-state index contributed by atoms with van der Waals surface area (Å²) in [7, 11) is -3.49. The number of carbonyl (C=O) groups excluding carboxylic acids is 1. The lowest BCUT2D eigenvalue weighted by Gasteiger charge is -2.26. The summed E-state index contributed by atoms with van der Waals surface area (Å²) in [6, 6.07) is 6.88. The average molecular weight is 434 g/mol. The van der Waals surface area contributed by atoms with Gasteiger partial charge in [0.15, 0.2) is 6.61 Å². The molecule has 1 aliphatic carbocycles. The average Bonchev–Trinajstić information content (AvgIpc) is 2.75. The molecule has 1 saturated heterocycles. The summed E-state index contributed by atoms with van der Waals surface area (Å²) in [5, 5.41) is 6.90. The van der Waals surface area contributed by atoms with E-state index in [1.807, 2.05) is 6.92 Å². The molecule has 0 aromatic heterocycles. The molecule has 0 spiro atoms. The summed E-state index contributed by atoms with van der Waals surface area (Å²) in [6.45, 7) is 3.15. The van der Waals surface area contributed by atoms with Crippen LogP contribution < -0.4 is 5.32 Å².